The van der Waals surface area contributed by atoms with E-state index < -0.39 is 0 Å². The Morgan fingerprint density at radius 3 is 2.62 bits per heavy atom. The molecule has 0 atom stereocenters. The van der Waals surface area contributed by atoms with Crippen molar-refractivity contribution in [3.8, 4) is 5.69 Å². The van der Waals surface area contributed by atoms with E-state index in [2.05, 4.69) is 48.8 Å². The molecule has 0 spiro atoms. The van der Waals surface area contributed by atoms with Gasteiger partial charge in [-0.15, -0.1) is 16.8 Å². The first-order valence-electron chi connectivity index (χ1n) is 9.54. The molecule has 0 bridgehead atoms. The van der Waals surface area contributed by atoms with Crippen LogP contribution in [0.2, 0.25) is 0 Å². The lowest BCUT2D eigenvalue weighted by Gasteiger charge is -2.21. The molecule has 29 heavy (non-hydrogen) atoms. The van der Waals surface area contributed by atoms with E-state index in [0.29, 0.717) is 18.8 Å². The van der Waals surface area contributed by atoms with Crippen LogP contribution in [-0.2, 0) is 11.3 Å². The Bertz CT molecular complexity index is 997. The summed E-state index contributed by atoms with van der Waals surface area (Å²) in [4.78, 5) is 14.7. The van der Waals surface area contributed by atoms with Crippen molar-refractivity contribution in [3.05, 3.63) is 83.7 Å². The largest absolute Gasteiger partial charge is 0.334 e. The molecule has 2 aromatic carbocycles. The highest BCUT2D eigenvalue weighted by molar-refractivity contribution is 7.99. The summed E-state index contributed by atoms with van der Waals surface area (Å²) in [6.07, 6.45) is 1.76. The lowest BCUT2D eigenvalue weighted by atomic mass is 10.1. The molecule has 0 N–H and O–H groups in total. The first kappa shape index (κ1) is 20.9. The van der Waals surface area contributed by atoms with Gasteiger partial charge in [0.05, 0.1) is 11.4 Å². The minimum absolute atomic E-state index is 0.0481. The van der Waals surface area contributed by atoms with E-state index in [1.54, 1.807) is 11.0 Å². The topological polar surface area (TPSA) is 51.0 Å². The standard InChI is InChI=1S/C23H26N4OS/c1-5-13-26(15-20-9-7-6-8-10-20)22(28)16-29-23-25-24-19(4)27(23)21-14-17(2)11-12-18(21)3/h5-12,14H,1,13,15-16H2,2-4H3. The average molecular weight is 407 g/mol. The Hall–Kier alpha value is -2.86. The molecule has 3 aromatic rings. The molecule has 0 radical (unpaired) electrons. The van der Waals surface area contributed by atoms with Crippen LogP contribution in [0.15, 0.2) is 66.3 Å². The van der Waals surface area contributed by atoms with Crippen LogP contribution in [0.25, 0.3) is 5.69 Å². The monoisotopic (exact) mass is 406 g/mol. The average Bonchev–Trinajstić information content (AvgIpc) is 3.08. The maximum absolute atomic E-state index is 12.9. The second kappa shape index (κ2) is 9.56. The van der Waals surface area contributed by atoms with Crippen LogP contribution in [0.5, 0.6) is 0 Å². The highest BCUT2D eigenvalue weighted by Gasteiger charge is 2.18. The molecule has 0 saturated carbocycles. The highest BCUT2D eigenvalue weighted by Crippen LogP contribution is 2.25. The highest BCUT2D eigenvalue weighted by atomic mass is 32.2. The molecule has 1 heterocycles. The van der Waals surface area contributed by atoms with Gasteiger partial charge in [0.1, 0.15) is 5.82 Å². The molecule has 0 aliphatic heterocycles. The summed E-state index contributed by atoms with van der Waals surface area (Å²) in [5.41, 5.74) is 4.46. The molecule has 1 aromatic heterocycles. The number of thioether (sulfide) groups is 1. The normalized spacial score (nSPS) is 10.7. The summed E-state index contributed by atoms with van der Waals surface area (Å²) in [5.74, 6) is 1.15. The summed E-state index contributed by atoms with van der Waals surface area (Å²) >= 11 is 1.41. The molecule has 0 aliphatic rings. The van der Waals surface area contributed by atoms with Crippen LogP contribution in [-0.4, -0.2) is 37.9 Å². The summed E-state index contributed by atoms with van der Waals surface area (Å²) < 4.78 is 2.02. The number of hydrogen-bond donors (Lipinski definition) is 0. The zero-order chi connectivity index (χ0) is 20.8. The van der Waals surface area contributed by atoms with Gasteiger partial charge in [0, 0.05) is 13.1 Å². The zero-order valence-electron chi connectivity index (χ0n) is 17.1. The van der Waals surface area contributed by atoms with Gasteiger partial charge < -0.3 is 4.90 Å². The van der Waals surface area contributed by atoms with Crippen molar-refractivity contribution in [2.75, 3.05) is 12.3 Å². The molecular formula is C23H26N4OS. The van der Waals surface area contributed by atoms with E-state index in [1.165, 1.54) is 17.3 Å². The fraction of sp³-hybridized carbons (Fsp3) is 0.261. The Morgan fingerprint density at radius 2 is 1.90 bits per heavy atom. The molecule has 0 saturated heterocycles. The third-order valence-electron chi connectivity index (χ3n) is 4.64. The number of carbonyl (C=O) groups excluding carboxylic acids is 1. The van der Waals surface area contributed by atoms with Gasteiger partial charge in [-0.1, -0.05) is 60.3 Å². The zero-order valence-corrected chi connectivity index (χ0v) is 17.9. The number of hydrogen-bond acceptors (Lipinski definition) is 4. The van der Waals surface area contributed by atoms with Gasteiger partial charge >= 0.3 is 0 Å². The van der Waals surface area contributed by atoms with Gasteiger partial charge in [0.25, 0.3) is 0 Å². The molecule has 6 heteroatoms. The molecule has 0 fully saturated rings. The number of carbonyl (C=O) groups is 1. The fourth-order valence-electron chi connectivity index (χ4n) is 3.11. The maximum atomic E-state index is 12.9. The second-order valence-corrected chi connectivity index (χ2v) is 7.93. The Labute approximate surface area is 176 Å². The minimum Gasteiger partial charge on any atom is -0.334 e. The van der Waals surface area contributed by atoms with Crippen LogP contribution < -0.4 is 0 Å². The van der Waals surface area contributed by atoms with Gasteiger partial charge in [0.2, 0.25) is 5.91 Å². The van der Waals surface area contributed by atoms with Gasteiger partial charge in [-0.2, -0.15) is 0 Å². The van der Waals surface area contributed by atoms with E-state index in [9.17, 15) is 4.79 Å². The molecule has 0 aliphatic carbocycles. The first-order valence-corrected chi connectivity index (χ1v) is 10.5. The summed E-state index contributed by atoms with van der Waals surface area (Å²) in [5, 5.41) is 9.28. The predicted octanol–water partition coefficient (Wildman–Crippen LogP) is 4.50. The molecule has 1 amide bonds. The van der Waals surface area contributed by atoms with Gasteiger partial charge in [0.15, 0.2) is 5.16 Å². The molecule has 0 unspecified atom stereocenters. The Morgan fingerprint density at radius 1 is 1.14 bits per heavy atom. The van der Waals surface area contributed by atoms with Crippen molar-refractivity contribution in [1.82, 2.24) is 19.7 Å². The van der Waals surface area contributed by atoms with Crippen molar-refractivity contribution in [2.45, 2.75) is 32.5 Å². The molecule has 5 nitrogen and oxygen atoms in total. The number of rotatable bonds is 8. The van der Waals surface area contributed by atoms with Crippen molar-refractivity contribution in [2.24, 2.45) is 0 Å². The van der Waals surface area contributed by atoms with Gasteiger partial charge in [-0.05, 0) is 43.5 Å². The van der Waals surface area contributed by atoms with E-state index in [1.807, 2.05) is 41.8 Å². The Kier molecular flexibility index (Phi) is 6.88. The maximum Gasteiger partial charge on any atom is 0.233 e. The lowest BCUT2D eigenvalue weighted by molar-refractivity contribution is -0.128. The number of amides is 1. The third kappa shape index (κ3) is 5.15. The number of nitrogens with zero attached hydrogens (tertiary/aromatic N) is 4. The van der Waals surface area contributed by atoms with Crippen LogP contribution in [0, 0.1) is 20.8 Å². The molecule has 3 rings (SSSR count). The smallest absolute Gasteiger partial charge is 0.233 e. The number of aryl methyl sites for hydroxylation is 3. The number of aromatic nitrogens is 3. The third-order valence-corrected chi connectivity index (χ3v) is 5.56. The predicted molar refractivity (Wildman–Crippen MR) is 118 cm³/mol. The summed E-state index contributed by atoms with van der Waals surface area (Å²) in [6.45, 7) is 10.9. The van der Waals surface area contributed by atoms with Crippen molar-refractivity contribution in [3.63, 3.8) is 0 Å². The second-order valence-electron chi connectivity index (χ2n) is 6.99. The quantitative estimate of drug-likeness (QED) is 0.408. The van der Waals surface area contributed by atoms with Crippen molar-refractivity contribution < 1.29 is 4.79 Å². The SMILES string of the molecule is C=CCN(Cc1ccccc1)C(=O)CSc1nnc(C)n1-c1cc(C)ccc1C. The van der Waals surface area contributed by atoms with E-state index >= 15 is 0 Å². The summed E-state index contributed by atoms with van der Waals surface area (Å²) in [7, 11) is 0. The van der Waals surface area contributed by atoms with Crippen LogP contribution >= 0.6 is 11.8 Å². The van der Waals surface area contributed by atoms with Crippen LogP contribution in [0.1, 0.15) is 22.5 Å². The van der Waals surface area contributed by atoms with Crippen molar-refractivity contribution >= 4 is 17.7 Å². The van der Waals surface area contributed by atoms with Gasteiger partial charge in [-0.25, -0.2) is 0 Å². The van der Waals surface area contributed by atoms with Gasteiger partial charge in [-0.3, -0.25) is 9.36 Å². The minimum atomic E-state index is 0.0481. The Balaban J connectivity index is 1.76. The van der Waals surface area contributed by atoms with Crippen LogP contribution in [0.3, 0.4) is 0 Å². The van der Waals surface area contributed by atoms with E-state index in [-0.39, 0.29) is 5.91 Å². The number of benzene rings is 2. The van der Waals surface area contributed by atoms with Crippen molar-refractivity contribution in [1.29, 1.82) is 0 Å². The lowest BCUT2D eigenvalue weighted by Crippen LogP contribution is -2.32. The fourth-order valence-corrected chi connectivity index (χ4v) is 4.00. The molecular weight excluding hydrogens is 380 g/mol. The molecule has 150 valence electrons. The van der Waals surface area contributed by atoms with Crippen LogP contribution in [0.4, 0.5) is 0 Å². The first-order chi connectivity index (χ1) is 14.0. The van der Waals surface area contributed by atoms with E-state index in [4.69, 9.17) is 0 Å². The van der Waals surface area contributed by atoms with E-state index in [0.717, 1.165) is 27.8 Å². The summed E-state index contributed by atoms with van der Waals surface area (Å²) in [6, 6.07) is 16.3.